The van der Waals surface area contributed by atoms with Crippen LogP contribution in [0.4, 0.5) is 0 Å². The number of hydrogen-bond acceptors (Lipinski definition) is 0. The zero-order valence-electron chi connectivity index (χ0n) is 8.22. The van der Waals surface area contributed by atoms with Crippen LogP contribution in [0.25, 0.3) is 21.5 Å². The molecule has 2 heteroatoms. The van der Waals surface area contributed by atoms with Crippen LogP contribution < -0.4 is 0 Å². The van der Waals surface area contributed by atoms with Crippen LogP contribution in [0.2, 0.25) is 10.0 Å². The molecular weight excluding hydrogens is 239 g/mol. The third-order valence-electron chi connectivity index (χ3n) is 2.66. The molecule has 0 atom stereocenters. The lowest BCUT2D eigenvalue weighted by Crippen LogP contribution is -1.80. The van der Waals surface area contributed by atoms with E-state index in [4.69, 9.17) is 23.2 Å². The standard InChI is InChI=1S/C14H6Cl2/c15-12-8-7-10-6-5-9-3-1-2-4-11(9)13(10)14(12)16/h2-7H. The maximum atomic E-state index is 6.23. The molecule has 76 valence electrons. The van der Waals surface area contributed by atoms with E-state index in [1.54, 1.807) is 0 Å². The van der Waals surface area contributed by atoms with Crippen LogP contribution in [0.5, 0.6) is 0 Å². The predicted octanol–water partition coefficient (Wildman–Crippen LogP) is 4.90. The van der Waals surface area contributed by atoms with Crippen LogP contribution in [0.15, 0.2) is 36.4 Å². The van der Waals surface area contributed by atoms with E-state index < -0.39 is 0 Å². The molecule has 0 bridgehead atoms. The number of hydrogen-bond donors (Lipinski definition) is 0. The topological polar surface area (TPSA) is 0 Å². The van der Waals surface area contributed by atoms with E-state index in [9.17, 15) is 0 Å². The summed E-state index contributed by atoms with van der Waals surface area (Å²) in [6, 6.07) is 17.7. The van der Waals surface area contributed by atoms with Gasteiger partial charge in [-0.3, -0.25) is 0 Å². The fourth-order valence-corrected chi connectivity index (χ4v) is 2.32. The van der Waals surface area contributed by atoms with Crippen LogP contribution in [0.1, 0.15) is 0 Å². The normalized spacial score (nSPS) is 11.1. The van der Waals surface area contributed by atoms with Crippen molar-refractivity contribution in [1.82, 2.24) is 0 Å². The molecule has 3 aromatic carbocycles. The number of rotatable bonds is 0. The highest BCUT2D eigenvalue weighted by Gasteiger charge is 2.07. The summed E-state index contributed by atoms with van der Waals surface area (Å²) >= 11 is 12.2. The maximum Gasteiger partial charge on any atom is 0.0683 e. The predicted molar refractivity (Wildman–Crippen MR) is 69.1 cm³/mol. The van der Waals surface area contributed by atoms with Gasteiger partial charge in [0.1, 0.15) is 0 Å². The average Bonchev–Trinajstić information content (AvgIpc) is 2.33. The second kappa shape index (κ2) is 3.65. The van der Waals surface area contributed by atoms with Gasteiger partial charge in [-0.2, -0.15) is 0 Å². The highest BCUT2D eigenvalue weighted by Crippen LogP contribution is 2.35. The molecule has 0 unspecified atom stereocenters. The van der Waals surface area contributed by atoms with Crippen molar-refractivity contribution in [1.29, 1.82) is 0 Å². The van der Waals surface area contributed by atoms with Gasteiger partial charge >= 0.3 is 0 Å². The van der Waals surface area contributed by atoms with Gasteiger partial charge in [-0.15, -0.1) is 0 Å². The lowest BCUT2D eigenvalue weighted by atomic mass is 10.0. The van der Waals surface area contributed by atoms with Crippen molar-refractivity contribution in [2.75, 3.05) is 0 Å². The van der Waals surface area contributed by atoms with Crippen LogP contribution in [-0.2, 0) is 0 Å². The Morgan fingerprint density at radius 3 is 2.62 bits per heavy atom. The Morgan fingerprint density at radius 1 is 0.938 bits per heavy atom. The molecule has 0 aliphatic carbocycles. The Bertz CT molecular complexity index is 687. The van der Waals surface area contributed by atoms with Gasteiger partial charge < -0.3 is 0 Å². The zero-order valence-corrected chi connectivity index (χ0v) is 9.73. The Balaban J connectivity index is 2.63. The molecule has 0 amide bonds. The molecule has 16 heavy (non-hydrogen) atoms. The van der Waals surface area contributed by atoms with Gasteiger partial charge in [0.05, 0.1) is 10.0 Å². The quantitative estimate of drug-likeness (QED) is 0.494. The second-order valence-corrected chi connectivity index (χ2v) is 4.35. The van der Waals surface area contributed by atoms with Crippen LogP contribution in [0, 0.1) is 12.1 Å². The minimum Gasteiger partial charge on any atom is -0.0820 e. The summed E-state index contributed by atoms with van der Waals surface area (Å²) in [6.45, 7) is 0. The summed E-state index contributed by atoms with van der Waals surface area (Å²) < 4.78 is 0. The molecular formula is C14H6Cl2. The first-order valence-corrected chi connectivity index (χ1v) is 5.61. The second-order valence-electron chi connectivity index (χ2n) is 3.59. The molecule has 0 fully saturated rings. The maximum absolute atomic E-state index is 6.23. The van der Waals surface area contributed by atoms with Gasteiger partial charge in [-0.1, -0.05) is 47.5 Å². The summed E-state index contributed by atoms with van der Waals surface area (Å²) in [4.78, 5) is 0. The van der Waals surface area contributed by atoms with E-state index in [1.165, 1.54) is 0 Å². The first kappa shape index (κ1) is 9.95. The van der Waals surface area contributed by atoms with E-state index in [1.807, 2.05) is 36.4 Å². The summed E-state index contributed by atoms with van der Waals surface area (Å²) in [5.41, 5.74) is 0. The largest absolute Gasteiger partial charge is 0.0820 e. The highest BCUT2D eigenvalue weighted by atomic mass is 35.5. The first-order chi connectivity index (χ1) is 7.77. The fraction of sp³-hybridized carbons (Fsp3) is 0. The summed E-state index contributed by atoms with van der Waals surface area (Å²) in [7, 11) is 0. The molecule has 0 N–H and O–H groups in total. The zero-order chi connectivity index (χ0) is 11.1. The summed E-state index contributed by atoms with van der Waals surface area (Å²) in [5, 5.41) is 5.27. The Labute approximate surface area is 103 Å². The molecule has 3 rings (SSSR count). The summed E-state index contributed by atoms with van der Waals surface area (Å²) in [5.74, 6) is 0. The lowest BCUT2D eigenvalue weighted by Gasteiger charge is -2.06. The molecule has 0 spiro atoms. The molecule has 0 aliphatic rings. The molecule has 0 aliphatic heterocycles. The van der Waals surface area contributed by atoms with Gasteiger partial charge in [0.15, 0.2) is 0 Å². The van der Waals surface area contributed by atoms with E-state index in [0.29, 0.717) is 10.0 Å². The summed E-state index contributed by atoms with van der Waals surface area (Å²) in [6.07, 6.45) is 0. The molecule has 0 heterocycles. The number of benzene rings is 3. The van der Waals surface area contributed by atoms with Gasteiger partial charge in [-0.05, 0) is 34.4 Å². The Hall–Kier alpha value is -1.24. The third-order valence-corrected chi connectivity index (χ3v) is 3.44. The minimum absolute atomic E-state index is 0.467. The SMILES string of the molecule is Clc1[c]cc2ccc3c[c]ccc3c2c1Cl. The van der Waals surface area contributed by atoms with Crippen molar-refractivity contribution in [3.63, 3.8) is 0 Å². The van der Waals surface area contributed by atoms with E-state index in [-0.39, 0.29) is 0 Å². The number of fused-ring (bicyclic) bond motifs is 3. The van der Waals surface area contributed by atoms with Crippen molar-refractivity contribution in [3.05, 3.63) is 58.6 Å². The van der Waals surface area contributed by atoms with Gasteiger partial charge in [0.2, 0.25) is 0 Å². The van der Waals surface area contributed by atoms with Crippen molar-refractivity contribution < 1.29 is 0 Å². The fourth-order valence-electron chi connectivity index (χ4n) is 1.91. The van der Waals surface area contributed by atoms with Crippen molar-refractivity contribution in [2.45, 2.75) is 0 Å². The number of halogens is 2. The van der Waals surface area contributed by atoms with Gasteiger partial charge in [0.25, 0.3) is 0 Å². The van der Waals surface area contributed by atoms with Crippen LogP contribution >= 0.6 is 23.2 Å². The smallest absolute Gasteiger partial charge is 0.0683 e. The molecule has 2 radical (unpaired) electrons. The lowest BCUT2D eigenvalue weighted by molar-refractivity contribution is 1.74. The van der Waals surface area contributed by atoms with Gasteiger partial charge in [0, 0.05) is 11.5 Å². The van der Waals surface area contributed by atoms with Gasteiger partial charge in [-0.25, -0.2) is 0 Å². The van der Waals surface area contributed by atoms with Crippen LogP contribution in [-0.4, -0.2) is 0 Å². The van der Waals surface area contributed by atoms with E-state index in [0.717, 1.165) is 21.5 Å². The van der Waals surface area contributed by atoms with Crippen molar-refractivity contribution >= 4 is 44.7 Å². The monoisotopic (exact) mass is 244 g/mol. The minimum atomic E-state index is 0.467. The molecule has 0 saturated carbocycles. The van der Waals surface area contributed by atoms with E-state index >= 15 is 0 Å². The first-order valence-electron chi connectivity index (χ1n) is 4.85. The Kier molecular flexibility index (Phi) is 2.27. The average molecular weight is 245 g/mol. The molecule has 0 aromatic heterocycles. The van der Waals surface area contributed by atoms with Crippen LogP contribution in [0.3, 0.4) is 0 Å². The highest BCUT2D eigenvalue weighted by molar-refractivity contribution is 6.46. The van der Waals surface area contributed by atoms with E-state index in [2.05, 4.69) is 12.1 Å². The molecule has 0 saturated heterocycles. The van der Waals surface area contributed by atoms with Crippen molar-refractivity contribution in [2.24, 2.45) is 0 Å². The molecule has 3 aromatic rings. The Morgan fingerprint density at radius 2 is 1.75 bits per heavy atom. The van der Waals surface area contributed by atoms with Crippen molar-refractivity contribution in [3.8, 4) is 0 Å². The molecule has 0 nitrogen and oxygen atoms in total. The third kappa shape index (κ3) is 1.38.